The van der Waals surface area contributed by atoms with Gasteiger partial charge in [0.1, 0.15) is 0 Å². The van der Waals surface area contributed by atoms with Crippen LogP contribution in [-0.4, -0.2) is 34.8 Å². The number of nitrogens with two attached hydrogens (primary N) is 1. The van der Waals surface area contributed by atoms with Crippen LogP contribution >= 0.6 is 0 Å². The lowest BCUT2D eigenvalue weighted by molar-refractivity contribution is 0.324. The fraction of sp³-hybridized carbons (Fsp3) is 0.727. The molecule has 0 bridgehead atoms. The summed E-state index contributed by atoms with van der Waals surface area (Å²) in [5, 5.41) is 4.30. The molecule has 0 aliphatic heterocycles. The van der Waals surface area contributed by atoms with Crippen molar-refractivity contribution in [2.45, 2.75) is 32.9 Å². The quantitative estimate of drug-likeness (QED) is 0.732. The van der Waals surface area contributed by atoms with Crippen LogP contribution in [-0.2, 0) is 13.1 Å². The Bertz CT molecular complexity index is 269. The van der Waals surface area contributed by atoms with E-state index in [2.05, 4.69) is 30.2 Å². The summed E-state index contributed by atoms with van der Waals surface area (Å²) in [5.74, 6) is 0. The van der Waals surface area contributed by atoms with E-state index in [0.717, 1.165) is 39.0 Å². The first-order chi connectivity index (χ1) is 7.26. The monoisotopic (exact) mass is 210 g/mol. The van der Waals surface area contributed by atoms with Crippen LogP contribution in [0.1, 0.15) is 25.3 Å². The number of aryl methyl sites for hydroxylation is 1. The standard InChI is InChI=1S/C11H22N4/c1-3-6-15-10-11(8-13-15)9-14(2)7-4-5-12/h8,10H,3-7,9,12H2,1-2H3. The van der Waals surface area contributed by atoms with Crippen LogP contribution in [0, 0.1) is 0 Å². The van der Waals surface area contributed by atoms with Crippen LogP contribution in [0.15, 0.2) is 12.4 Å². The highest BCUT2D eigenvalue weighted by Gasteiger charge is 2.02. The van der Waals surface area contributed by atoms with E-state index >= 15 is 0 Å². The van der Waals surface area contributed by atoms with E-state index in [0.29, 0.717) is 0 Å². The molecule has 1 aromatic rings. The van der Waals surface area contributed by atoms with Gasteiger partial charge in [0.2, 0.25) is 0 Å². The molecule has 0 amide bonds. The van der Waals surface area contributed by atoms with Gasteiger partial charge in [0.05, 0.1) is 6.20 Å². The minimum atomic E-state index is 0.763. The lowest BCUT2D eigenvalue weighted by Crippen LogP contribution is -2.21. The maximum atomic E-state index is 5.47. The molecule has 15 heavy (non-hydrogen) atoms. The number of nitrogens with zero attached hydrogens (tertiary/aromatic N) is 3. The van der Waals surface area contributed by atoms with Crippen molar-refractivity contribution in [1.82, 2.24) is 14.7 Å². The zero-order valence-corrected chi connectivity index (χ0v) is 9.82. The highest BCUT2D eigenvalue weighted by Crippen LogP contribution is 2.02. The third-order valence-electron chi connectivity index (χ3n) is 2.34. The van der Waals surface area contributed by atoms with E-state index in [1.165, 1.54) is 5.56 Å². The van der Waals surface area contributed by atoms with Gasteiger partial charge in [-0.2, -0.15) is 5.10 Å². The third kappa shape index (κ3) is 4.44. The SMILES string of the molecule is CCCn1cc(CN(C)CCCN)cn1. The van der Waals surface area contributed by atoms with Gasteiger partial charge < -0.3 is 10.6 Å². The van der Waals surface area contributed by atoms with Crippen LogP contribution in [0.4, 0.5) is 0 Å². The van der Waals surface area contributed by atoms with E-state index in [1.807, 2.05) is 10.9 Å². The molecule has 4 heteroatoms. The van der Waals surface area contributed by atoms with Crippen molar-refractivity contribution in [3.63, 3.8) is 0 Å². The number of rotatable bonds is 7. The van der Waals surface area contributed by atoms with Gasteiger partial charge in [-0.25, -0.2) is 0 Å². The average Bonchev–Trinajstić information content (AvgIpc) is 2.63. The zero-order valence-electron chi connectivity index (χ0n) is 9.82. The summed E-state index contributed by atoms with van der Waals surface area (Å²) < 4.78 is 2.01. The van der Waals surface area contributed by atoms with Crippen molar-refractivity contribution in [3.05, 3.63) is 18.0 Å². The Morgan fingerprint density at radius 3 is 3.00 bits per heavy atom. The van der Waals surface area contributed by atoms with Gasteiger partial charge in [0, 0.05) is 24.8 Å². The summed E-state index contributed by atoms with van der Waals surface area (Å²) in [4.78, 5) is 2.28. The zero-order chi connectivity index (χ0) is 11.1. The second kappa shape index (κ2) is 6.58. The van der Waals surface area contributed by atoms with Crippen LogP contribution in [0.25, 0.3) is 0 Å². The molecule has 1 rings (SSSR count). The van der Waals surface area contributed by atoms with Crippen molar-refractivity contribution >= 4 is 0 Å². The molecule has 0 saturated heterocycles. The molecule has 0 fully saturated rings. The maximum Gasteiger partial charge on any atom is 0.0534 e. The molecule has 86 valence electrons. The lowest BCUT2D eigenvalue weighted by atomic mass is 10.3. The number of hydrogen-bond acceptors (Lipinski definition) is 3. The van der Waals surface area contributed by atoms with Crippen molar-refractivity contribution < 1.29 is 0 Å². The van der Waals surface area contributed by atoms with E-state index in [-0.39, 0.29) is 0 Å². The molecule has 0 saturated carbocycles. The normalized spacial score (nSPS) is 11.2. The van der Waals surface area contributed by atoms with Gasteiger partial charge in [0.15, 0.2) is 0 Å². The van der Waals surface area contributed by atoms with Gasteiger partial charge in [-0.3, -0.25) is 4.68 Å². The molecule has 0 aliphatic rings. The molecular formula is C11H22N4. The van der Waals surface area contributed by atoms with Crippen LogP contribution < -0.4 is 5.73 Å². The first-order valence-electron chi connectivity index (χ1n) is 5.66. The summed E-state index contributed by atoms with van der Waals surface area (Å²) in [6.45, 7) is 5.94. The largest absolute Gasteiger partial charge is 0.330 e. The van der Waals surface area contributed by atoms with E-state index in [9.17, 15) is 0 Å². The minimum Gasteiger partial charge on any atom is -0.330 e. The molecule has 1 heterocycles. The Kier molecular flexibility index (Phi) is 5.36. The minimum absolute atomic E-state index is 0.763. The Morgan fingerprint density at radius 2 is 2.33 bits per heavy atom. The van der Waals surface area contributed by atoms with Crippen molar-refractivity contribution in [2.24, 2.45) is 5.73 Å². The fourth-order valence-corrected chi connectivity index (χ4v) is 1.59. The summed E-state index contributed by atoms with van der Waals surface area (Å²) in [7, 11) is 2.12. The van der Waals surface area contributed by atoms with Crippen LogP contribution in [0.3, 0.4) is 0 Å². The smallest absolute Gasteiger partial charge is 0.0534 e. The van der Waals surface area contributed by atoms with Crippen LogP contribution in [0.5, 0.6) is 0 Å². The first-order valence-corrected chi connectivity index (χ1v) is 5.66. The lowest BCUT2D eigenvalue weighted by Gasteiger charge is -2.14. The Morgan fingerprint density at radius 1 is 1.53 bits per heavy atom. The molecule has 4 nitrogen and oxygen atoms in total. The highest BCUT2D eigenvalue weighted by molar-refractivity contribution is 5.03. The second-order valence-electron chi connectivity index (χ2n) is 3.99. The van der Waals surface area contributed by atoms with Crippen molar-refractivity contribution in [1.29, 1.82) is 0 Å². The Balaban J connectivity index is 2.35. The third-order valence-corrected chi connectivity index (χ3v) is 2.34. The molecule has 1 aromatic heterocycles. The molecule has 0 radical (unpaired) electrons. The number of hydrogen-bond donors (Lipinski definition) is 1. The fourth-order valence-electron chi connectivity index (χ4n) is 1.59. The summed E-state index contributed by atoms with van der Waals surface area (Å²) in [6.07, 6.45) is 6.26. The van der Waals surface area contributed by atoms with Gasteiger partial charge in [-0.1, -0.05) is 6.92 Å². The van der Waals surface area contributed by atoms with Crippen molar-refractivity contribution in [3.8, 4) is 0 Å². The Hall–Kier alpha value is -0.870. The van der Waals surface area contributed by atoms with E-state index in [4.69, 9.17) is 5.73 Å². The van der Waals surface area contributed by atoms with Crippen LogP contribution in [0.2, 0.25) is 0 Å². The van der Waals surface area contributed by atoms with Gasteiger partial charge in [-0.15, -0.1) is 0 Å². The van der Waals surface area contributed by atoms with E-state index in [1.54, 1.807) is 0 Å². The van der Waals surface area contributed by atoms with Gasteiger partial charge >= 0.3 is 0 Å². The van der Waals surface area contributed by atoms with E-state index < -0.39 is 0 Å². The molecule has 0 atom stereocenters. The molecule has 0 aliphatic carbocycles. The summed E-state index contributed by atoms with van der Waals surface area (Å²) in [5.41, 5.74) is 6.75. The summed E-state index contributed by atoms with van der Waals surface area (Å²) >= 11 is 0. The maximum absolute atomic E-state index is 5.47. The van der Waals surface area contributed by atoms with Gasteiger partial charge in [0.25, 0.3) is 0 Å². The molecule has 0 spiro atoms. The van der Waals surface area contributed by atoms with Crippen molar-refractivity contribution in [2.75, 3.05) is 20.1 Å². The Labute approximate surface area is 92.1 Å². The first kappa shape index (κ1) is 12.2. The second-order valence-corrected chi connectivity index (χ2v) is 3.99. The molecule has 0 unspecified atom stereocenters. The molecule has 0 aromatic carbocycles. The topological polar surface area (TPSA) is 47.1 Å². The average molecular weight is 210 g/mol. The highest BCUT2D eigenvalue weighted by atomic mass is 15.3. The molecule has 2 N–H and O–H groups in total. The van der Waals surface area contributed by atoms with Gasteiger partial charge in [-0.05, 0) is 33.0 Å². The summed E-state index contributed by atoms with van der Waals surface area (Å²) in [6, 6.07) is 0. The number of aromatic nitrogens is 2. The molecular weight excluding hydrogens is 188 g/mol. The predicted octanol–water partition coefficient (Wildman–Crippen LogP) is 1.07. The predicted molar refractivity (Wildman–Crippen MR) is 62.5 cm³/mol.